The molecule has 1 aromatic rings. The summed E-state index contributed by atoms with van der Waals surface area (Å²) in [5.41, 5.74) is 0.0331. The van der Waals surface area contributed by atoms with Crippen LogP contribution >= 0.6 is 0 Å². The topological polar surface area (TPSA) is 108 Å². The van der Waals surface area contributed by atoms with Gasteiger partial charge in [0.05, 0.1) is 36.1 Å². The molecule has 8 nitrogen and oxygen atoms in total. The molecule has 0 bridgehead atoms. The van der Waals surface area contributed by atoms with Gasteiger partial charge in [-0.25, -0.2) is 8.42 Å². The van der Waals surface area contributed by atoms with Crippen molar-refractivity contribution < 1.29 is 22.8 Å². The van der Waals surface area contributed by atoms with Crippen LogP contribution in [0.15, 0.2) is 18.2 Å². The Labute approximate surface area is 122 Å². The van der Waals surface area contributed by atoms with Gasteiger partial charge in [-0.3, -0.25) is 14.8 Å². The lowest BCUT2D eigenvalue weighted by Crippen LogP contribution is -2.26. The van der Waals surface area contributed by atoms with Crippen molar-refractivity contribution in [2.24, 2.45) is 0 Å². The van der Waals surface area contributed by atoms with E-state index in [4.69, 9.17) is 9.47 Å². The molecule has 116 valence electrons. The lowest BCUT2D eigenvalue weighted by Gasteiger charge is -2.24. The molecule has 21 heavy (non-hydrogen) atoms. The van der Waals surface area contributed by atoms with Gasteiger partial charge in [0.15, 0.2) is 5.75 Å². The molecule has 1 heterocycles. The highest BCUT2D eigenvalue weighted by Crippen LogP contribution is 2.32. The standard InChI is InChI=1S/C12H16N2O6S/c1-21(17,18)13-11-3-2-9(14(15)16)8-12(11)20-10-4-6-19-7-5-10/h2-3,8,10,13H,4-7H2,1H3. The largest absolute Gasteiger partial charge is 0.488 e. The van der Waals surface area contributed by atoms with E-state index < -0.39 is 14.9 Å². The van der Waals surface area contributed by atoms with E-state index in [1.807, 2.05) is 0 Å². The first kappa shape index (κ1) is 15.5. The number of anilines is 1. The fraction of sp³-hybridized carbons (Fsp3) is 0.500. The zero-order valence-corrected chi connectivity index (χ0v) is 12.3. The van der Waals surface area contributed by atoms with Crippen LogP contribution in [0.5, 0.6) is 5.75 Å². The van der Waals surface area contributed by atoms with Crippen LogP contribution in [-0.2, 0) is 14.8 Å². The van der Waals surface area contributed by atoms with Crippen molar-refractivity contribution in [3.63, 3.8) is 0 Å². The minimum absolute atomic E-state index is 0.152. The van der Waals surface area contributed by atoms with Crippen molar-refractivity contribution in [1.29, 1.82) is 0 Å². The Hall–Kier alpha value is -1.87. The first-order valence-corrected chi connectivity index (χ1v) is 8.25. The normalized spacial score (nSPS) is 16.4. The van der Waals surface area contributed by atoms with Gasteiger partial charge in [0.2, 0.25) is 10.0 Å². The van der Waals surface area contributed by atoms with Gasteiger partial charge in [-0.2, -0.15) is 0 Å². The summed E-state index contributed by atoms with van der Waals surface area (Å²) in [5, 5.41) is 10.8. The van der Waals surface area contributed by atoms with E-state index in [0.29, 0.717) is 26.1 Å². The molecule has 0 amide bonds. The Morgan fingerprint density at radius 2 is 2.05 bits per heavy atom. The average molecular weight is 316 g/mol. The fourth-order valence-corrected chi connectivity index (χ4v) is 2.55. The predicted molar refractivity (Wildman–Crippen MR) is 76.0 cm³/mol. The number of nitrogens with zero attached hydrogens (tertiary/aromatic N) is 1. The Morgan fingerprint density at radius 3 is 2.62 bits per heavy atom. The van der Waals surface area contributed by atoms with Crippen molar-refractivity contribution >= 4 is 21.4 Å². The van der Waals surface area contributed by atoms with E-state index in [0.717, 1.165) is 6.26 Å². The van der Waals surface area contributed by atoms with Gasteiger partial charge in [-0.05, 0) is 6.07 Å². The van der Waals surface area contributed by atoms with Crippen LogP contribution < -0.4 is 9.46 Å². The highest BCUT2D eigenvalue weighted by atomic mass is 32.2. The molecule has 1 aliphatic heterocycles. The summed E-state index contributed by atoms with van der Waals surface area (Å²) in [6.45, 7) is 1.10. The first-order chi connectivity index (χ1) is 9.85. The molecule has 1 aliphatic rings. The molecule has 0 atom stereocenters. The van der Waals surface area contributed by atoms with Crippen LogP contribution in [0, 0.1) is 10.1 Å². The van der Waals surface area contributed by atoms with Crippen molar-refractivity contribution in [2.45, 2.75) is 18.9 Å². The Morgan fingerprint density at radius 1 is 1.38 bits per heavy atom. The first-order valence-electron chi connectivity index (χ1n) is 6.36. The molecule has 1 N–H and O–H groups in total. The monoisotopic (exact) mass is 316 g/mol. The van der Waals surface area contributed by atoms with Crippen LogP contribution in [0.1, 0.15) is 12.8 Å². The van der Waals surface area contributed by atoms with Crippen LogP contribution in [-0.4, -0.2) is 38.9 Å². The minimum atomic E-state index is -3.50. The molecule has 2 rings (SSSR count). The molecule has 1 saturated heterocycles. The van der Waals surface area contributed by atoms with Crippen LogP contribution in [0.3, 0.4) is 0 Å². The summed E-state index contributed by atoms with van der Waals surface area (Å²) >= 11 is 0. The highest BCUT2D eigenvalue weighted by molar-refractivity contribution is 7.92. The average Bonchev–Trinajstić information content (AvgIpc) is 2.40. The summed E-state index contributed by atoms with van der Waals surface area (Å²) in [4.78, 5) is 10.3. The van der Waals surface area contributed by atoms with E-state index >= 15 is 0 Å². The van der Waals surface area contributed by atoms with Gasteiger partial charge in [0, 0.05) is 18.9 Å². The lowest BCUT2D eigenvalue weighted by molar-refractivity contribution is -0.384. The summed E-state index contributed by atoms with van der Waals surface area (Å²) in [5.74, 6) is 0.154. The predicted octanol–water partition coefficient (Wildman–Crippen LogP) is 1.52. The number of benzene rings is 1. The SMILES string of the molecule is CS(=O)(=O)Nc1ccc([N+](=O)[O-])cc1OC1CCOCC1. The van der Waals surface area contributed by atoms with E-state index in [9.17, 15) is 18.5 Å². The maximum Gasteiger partial charge on any atom is 0.273 e. The summed E-state index contributed by atoms with van der Waals surface area (Å²) in [6.07, 6.45) is 2.16. The molecule has 9 heteroatoms. The van der Waals surface area contributed by atoms with E-state index in [-0.39, 0.29) is 23.2 Å². The molecule has 1 fully saturated rings. The zero-order chi connectivity index (χ0) is 15.5. The van der Waals surface area contributed by atoms with Crippen molar-refractivity contribution in [3.8, 4) is 5.75 Å². The second kappa shape index (κ2) is 6.27. The maximum absolute atomic E-state index is 11.3. The summed E-state index contributed by atoms with van der Waals surface area (Å²) in [7, 11) is -3.50. The second-order valence-electron chi connectivity index (χ2n) is 4.74. The third-order valence-corrected chi connectivity index (χ3v) is 3.52. The van der Waals surface area contributed by atoms with Crippen molar-refractivity contribution in [3.05, 3.63) is 28.3 Å². The highest BCUT2D eigenvalue weighted by Gasteiger charge is 2.20. The number of non-ortho nitro benzene ring substituents is 1. The van der Waals surface area contributed by atoms with Crippen LogP contribution in [0.2, 0.25) is 0 Å². The van der Waals surface area contributed by atoms with Gasteiger partial charge >= 0.3 is 0 Å². The third-order valence-electron chi connectivity index (χ3n) is 2.93. The Bertz CT molecular complexity index is 625. The van der Waals surface area contributed by atoms with Gasteiger partial charge in [-0.1, -0.05) is 0 Å². The quantitative estimate of drug-likeness (QED) is 0.652. The molecular weight excluding hydrogens is 300 g/mol. The molecular formula is C12H16N2O6S. The van der Waals surface area contributed by atoms with Crippen molar-refractivity contribution in [2.75, 3.05) is 24.2 Å². The number of hydrogen-bond acceptors (Lipinski definition) is 6. The third kappa shape index (κ3) is 4.57. The molecule has 0 aliphatic carbocycles. The van der Waals surface area contributed by atoms with E-state index in [1.165, 1.54) is 18.2 Å². The summed E-state index contributed by atoms with van der Waals surface area (Å²) in [6, 6.07) is 3.78. The number of ether oxygens (including phenoxy) is 2. The van der Waals surface area contributed by atoms with Gasteiger partial charge in [0.1, 0.15) is 6.10 Å². The van der Waals surface area contributed by atoms with Gasteiger partial charge in [-0.15, -0.1) is 0 Å². The van der Waals surface area contributed by atoms with Crippen LogP contribution in [0.4, 0.5) is 11.4 Å². The lowest BCUT2D eigenvalue weighted by atomic mass is 10.1. The molecule has 0 aromatic heterocycles. The van der Waals surface area contributed by atoms with Crippen molar-refractivity contribution in [1.82, 2.24) is 0 Å². The fourth-order valence-electron chi connectivity index (χ4n) is 1.98. The molecule has 0 unspecified atom stereocenters. The number of nitro groups is 1. The maximum atomic E-state index is 11.3. The molecule has 1 aromatic carbocycles. The molecule has 0 spiro atoms. The summed E-state index contributed by atoms with van der Waals surface area (Å²) < 4.78 is 35.9. The van der Waals surface area contributed by atoms with Gasteiger partial charge in [0.25, 0.3) is 5.69 Å². The number of hydrogen-bond donors (Lipinski definition) is 1. The number of nitrogens with one attached hydrogen (secondary N) is 1. The van der Waals surface area contributed by atoms with Gasteiger partial charge < -0.3 is 9.47 Å². The van der Waals surface area contributed by atoms with E-state index in [1.54, 1.807) is 0 Å². The Balaban J connectivity index is 2.28. The smallest absolute Gasteiger partial charge is 0.273 e. The number of rotatable bonds is 5. The zero-order valence-electron chi connectivity index (χ0n) is 11.4. The van der Waals surface area contributed by atoms with E-state index in [2.05, 4.69) is 4.72 Å². The number of nitro benzene ring substituents is 1. The number of sulfonamides is 1. The minimum Gasteiger partial charge on any atom is -0.488 e. The van der Waals surface area contributed by atoms with Crippen LogP contribution in [0.25, 0.3) is 0 Å². The second-order valence-corrected chi connectivity index (χ2v) is 6.49. The molecule has 0 saturated carbocycles. The molecule has 0 radical (unpaired) electrons. The Kier molecular flexibility index (Phi) is 4.63.